The Hall–Kier alpha value is -2.07. The smallest absolute Gasteiger partial charge is 0.178 e. The molecule has 3 aliphatic rings. The molecule has 1 spiro atoms. The molecule has 0 amide bonds. The number of aromatic hydroxyl groups is 1. The predicted octanol–water partition coefficient (Wildman–Crippen LogP) is 1.92. The zero-order chi connectivity index (χ0) is 14.6. The Labute approximate surface area is 123 Å². The van der Waals surface area contributed by atoms with Gasteiger partial charge in [-0.25, -0.2) is 0 Å². The molecule has 4 nitrogen and oxygen atoms in total. The average molecular weight is 283 g/mol. The van der Waals surface area contributed by atoms with Crippen LogP contribution in [0.25, 0.3) is 0 Å². The molecule has 1 atom stereocenters. The molecule has 2 aliphatic carbocycles. The number of fused-ring (bicyclic) bond motifs is 1. The SMILES string of the molecule is COc1c(O)cc2c3c1CCN[C@H]3CC21C=CC(=O)C=C1. The van der Waals surface area contributed by atoms with Crippen molar-refractivity contribution in [3.05, 3.63) is 47.1 Å². The van der Waals surface area contributed by atoms with Gasteiger partial charge in [0, 0.05) is 17.0 Å². The number of carbonyl (C=O) groups excluding carboxylic acids is 1. The van der Waals surface area contributed by atoms with Crippen LogP contribution >= 0.6 is 0 Å². The third-order valence-electron chi connectivity index (χ3n) is 4.85. The van der Waals surface area contributed by atoms with Gasteiger partial charge in [0.15, 0.2) is 17.3 Å². The van der Waals surface area contributed by atoms with Crippen LogP contribution < -0.4 is 10.1 Å². The standard InChI is InChI=1S/C17H17NO3/c1-21-16-11-4-7-18-13-9-17(5-2-10(19)3-6-17)12(15(11)13)8-14(16)20/h2-3,5-6,8,13,18,20H,4,7,9H2,1H3/t13-/m0/s1. The van der Waals surface area contributed by atoms with E-state index in [9.17, 15) is 9.90 Å². The van der Waals surface area contributed by atoms with E-state index in [1.54, 1.807) is 25.3 Å². The van der Waals surface area contributed by atoms with Crippen LogP contribution in [-0.2, 0) is 16.6 Å². The van der Waals surface area contributed by atoms with Gasteiger partial charge < -0.3 is 15.2 Å². The Morgan fingerprint density at radius 1 is 1.38 bits per heavy atom. The Bertz CT molecular complexity index is 686. The molecular weight excluding hydrogens is 266 g/mol. The van der Waals surface area contributed by atoms with Gasteiger partial charge in [0.25, 0.3) is 0 Å². The van der Waals surface area contributed by atoms with E-state index >= 15 is 0 Å². The van der Waals surface area contributed by atoms with E-state index in [4.69, 9.17) is 4.74 Å². The Morgan fingerprint density at radius 2 is 2.14 bits per heavy atom. The van der Waals surface area contributed by atoms with E-state index in [1.165, 1.54) is 5.56 Å². The van der Waals surface area contributed by atoms with Crippen molar-refractivity contribution in [2.75, 3.05) is 13.7 Å². The van der Waals surface area contributed by atoms with Gasteiger partial charge in [-0.05, 0) is 48.7 Å². The van der Waals surface area contributed by atoms with Crippen LogP contribution in [0.15, 0.2) is 30.4 Å². The number of allylic oxidation sites excluding steroid dienone is 4. The molecule has 0 saturated heterocycles. The first-order valence-electron chi connectivity index (χ1n) is 7.24. The van der Waals surface area contributed by atoms with Gasteiger partial charge in [-0.2, -0.15) is 0 Å². The van der Waals surface area contributed by atoms with Crippen LogP contribution in [0.5, 0.6) is 11.5 Å². The number of ketones is 1. The highest BCUT2D eigenvalue weighted by Gasteiger charge is 2.45. The fourth-order valence-corrected chi connectivity index (χ4v) is 3.96. The van der Waals surface area contributed by atoms with Crippen LogP contribution in [0.3, 0.4) is 0 Å². The van der Waals surface area contributed by atoms with Gasteiger partial charge >= 0.3 is 0 Å². The summed E-state index contributed by atoms with van der Waals surface area (Å²) < 4.78 is 5.40. The highest BCUT2D eigenvalue weighted by atomic mass is 16.5. The molecule has 1 heterocycles. The second-order valence-corrected chi connectivity index (χ2v) is 5.94. The minimum absolute atomic E-state index is 0.0198. The molecule has 2 N–H and O–H groups in total. The van der Waals surface area contributed by atoms with E-state index in [-0.39, 0.29) is 23.0 Å². The van der Waals surface area contributed by atoms with Crippen molar-refractivity contribution in [3.63, 3.8) is 0 Å². The molecule has 0 aromatic heterocycles. The summed E-state index contributed by atoms with van der Waals surface area (Å²) in [5.41, 5.74) is 3.14. The minimum atomic E-state index is -0.288. The topological polar surface area (TPSA) is 58.6 Å². The normalized spacial score (nSPS) is 24.4. The number of hydrogen-bond donors (Lipinski definition) is 2. The summed E-state index contributed by atoms with van der Waals surface area (Å²) in [6.45, 7) is 0.874. The summed E-state index contributed by atoms with van der Waals surface area (Å²) >= 11 is 0. The molecule has 1 aliphatic heterocycles. The molecule has 1 aromatic rings. The molecular formula is C17H17NO3. The second kappa shape index (κ2) is 4.21. The monoisotopic (exact) mass is 283 g/mol. The fraction of sp³-hybridized carbons (Fsp3) is 0.353. The molecule has 108 valence electrons. The third kappa shape index (κ3) is 1.62. The number of rotatable bonds is 1. The first kappa shape index (κ1) is 12.7. The Kier molecular flexibility index (Phi) is 2.54. The van der Waals surface area contributed by atoms with Crippen molar-refractivity contribution in [2.45, 2.75) is 24.3 Å². The molecule has 4 rings (SSSR count). The van der Waals surface area contributed by atoms with E-state index in [0.29, 0.717) is 5.75 Å². The summed E-state index contributed by atoms with van der Waals surface area (Å²) in [7, 11) is 1.60. The maximum atomic E-state index is 11.5. The van der Waals surface area contributed by atoms with Gasteiger partial charge in [-0.3, -0.25) is 4.79 Å². The van der Waals surface area contributed by atoms with Crippen LogP contribution in [0.4, 0.5) is 0 Å². The van der Waals surface area contributed by atoms with E-state index < -0.39 is 0 Å². The maximum absolute atomic E-state index is 11.5. The lowest BCUT2D eigenvalue weighted by Crippen LogP contribution is -2.29. The molecule has 0 radical (unpaired) electrons. The molecule has 0 fully saturated rings. The lowest BCUT2D eigenvalue weighted by molar-refractivity contribution is -0.110. The van der Waals surface area contributed by atoms with Crippen molar-refractivity contribution >= 4 is 5.78 Å². The van der Waals surface area contributed by atoms with Crippen molar-refractivity contribution in [1.82, 2.24) is 5.32 Å². The van der Waals surface area contributed by atoms with Crippen LogP contribution in [0.1, 0.15) is 29.2 Å². The van der Waals surface area contributed by atoms with Gasteiger partial charge in [0.2, 0.25) is 0 Å². The molecule has 1 aromatic carbocycles. The first-order chi connectivity index (χ1) is 10.1. The number of benzene rings is 1. The zero-order valence-corrected chi connectivity index (χ0v) is 11.8. The number of phenols is 1. The largest absolute Gasteiger partial charge is 0.504 e. The summed E-state index contributed by atoms with van der Waals surface area (Å²) in [4.78, 5) is 11.5. The van der Waals surface area contributed by atoms with Crippen LogP contribution in [-0.4, -0.2) is 24.5 Å². The highest BCUT2D eigenvalue weighted by molar-refractivity contribution is 6.01. The van der Waals surface area contributed by atoms with E-state index in [1.807, 2.05) is 12.2 Å². The second-order valence-electron chi connectivity index (χ2n) is 5.94. The number of carbonyl (C=O) groups is 1. The molecule has 0 bridgehead atoms. The lowest BCUT2D eigenvalue weighted by Gasteiger charge is -2.25. The van der Waals surface area contributed by atoms with Gasteiger partial charge in [0.1, 0.15) is 0 Å². The molecule has 21 heavy (non-hydrogen) atoms. The van der Waals surface area contributed by atoms with E-state index in [0.717, 1.165) is 30.5 Å². The maximum Gasteiger partial charge on any atom is 0.178 e. The van der Waals surface area contributed by atoms with Crippen molar-refractivity contribution < 1.29 is 14.6 Å². The number of hydrogen-bond acceptors (Lipinski definition) is 4. The van der Waals surface area contributed by atoms with Crippen molar-refractivity contribution in [3.8, 4) is 11.5 Å². The summed E-state index contributed by atoms with van der Waals surface area (Å²) in [5.74, 6) is 0.801. The summed E-state index contributed by atoms with van der Waals surface area (Å²) in [6.07, 6.45) is 8.92. The summed E-state index contributed by atoms with van der Waals surface area (Å²) in [6, 6.07) is 2.05. The highest BCUT2D eigenvalue weighted by Crippen LogP contribution is 2.54. The van der Waals surface area contributed by atoms with Crippen LogP contribution in [0, 0.1) is 0 Å². The Morgan fingerprint density at radius 3 is 2.86 bits per heavy atom. The zero-order valence-electron chi connectivity index (χ0n) is 11.8. The van der Waals surface area contributed by atoms with Gasteiger partial charge in [0.05, 0.1) is 7.11 Å². The van der Waals surface area contributed by atoms with E-state index in [2.05, 4.69) is 5.32 Å². The number of nitrogens with one attached hydrogen (secondary N) is 1. The predicted molar refractivity (Wildman–Crippen MR) is 78.7 cm³/mol. The van der Waals surface area contributed by atoms with Gasteiger partial charge in [-0.1, -0.05) is 12.2 Å². The number of methoxy groups -OCH3 is 1. The fourth-order valence-electron chi connectivity index (χ4n) is 3.96. The summed E-state index contributed by atoms with van der Waals surface area (Å²) in [5, 5.41) is 13.8. The van der Waals surface area contributed by atoms with Crippen molar-refractivity contribution in [1.29, 1.82) is 0 Å². The molecule has 0 saturated carbocycles. The molecule has 4 heteroatoms. The quantitative estimate of drug-likeness (QED) is 0.827. The lowest BCUT2D eigenvalue weighted by atomic mass is 9.78. The number of ether oxygens (including phenoxy) is 1. The first-order valence-corrected chi connectivity index (χ1v) is 7.24. The van der Waals surface area contributed by atoms with Crippen molar-refractivity contribution in [2.24, 2.45) is 0 Å². The molecule has 0 unspecified atom stereocenters. The third-order valence-corrected chi connectivity index (χ3v) is 4.85. The number of phenolic OH excluding ortho intramolecular Hbond substituents is 1. The van der Waals surface area contributed by atoms with Gasteiger partial charge in [-0.15, -0.1) is 0 Å². The Balaban J connectivity index is 1.97. The average Bonchev–Trinajstić information content (AvgIpc) is 2.78. The van der Waals surface area contributed by atoms with Crippen LogP contribution in [0.2, 0.25) is 0 Å². The minimum Gasteiger partial charge on any atom is -0.504 e.